The Morgan fingerprint density at radius 2 is 2.25 bits per heavy atom. The molecule has 0 aliphatic rings. The van der Waals surface area contributed by atoms with E-state index in [0.717, 1.165) is 5.56 Å². The number of nitriles is 1. The molecule has 2 N–H and O–H groups in total. The fraction of sp³-hybridized carbons (Fsp3) is 0.417. The van der Waals surface area contributed by atoms with Crippen LogP contribution in [-0.2, 0) is 6.54 Å². The summed E-state index contributed by atoms with van der Waals surface area (Å²) >= 11 is 0. The maximum Gasteiger partial charge on any atom is 0.125 e. The summed E-state index contributed by atoms with van der Waals surface area (Å²) in [4.78, 5) is 2.02. The smallest absolute Gasteiger partial charge is 0.125 e. The monoisotopic (exact) mass is 221 g/mol. The van der Waals surface area contributed by atoms with Crippen molar-refractivity contribution < 1.29 is 4.39 Å². The van der Waals surface area contributed by atoms with E-state index in [-0.39, 0.29) is 11.9 Å². The predicted octanol–water partition coefficient (Wildman–Crippen LogP) is 2.14. The molecule has 0 spiro atoms. The quantitative estimate of drug-likeness (QED) is 0.792. The number of hydrogen-bond donors (Lipinski definition) is 1. The van der Waals surface area contributed by atoms with E-state index in [1.807, 2.05) is 18.9 Å². The highest BCUT2D eigenvalue weighted by Gasteiger charge is 2.10. The van der Waals surface area contributed by atoms with Gasteiger partial charge in [0.25, 0.3) is 0 Å². The number of anilines is 1. The Morgan fingerprint density at radius 3 is 2.81 bits per heavy atom. The number of rotatable bonds is 4. The highest BCUT2D eigenvalue weighted by molar-refractivity contribution is 5.46. The van der Waals surface area contributed by atoms with Gasteiger partial charge >= 0.3 is 0 Å². The zero-order valence-electron chi connectivity index (χ0n) is 9.57. The zero-order chi connectivity index (χ0) is 12.1. The van der Waals surface area contributed by atoms with E-state index in [2.05, 4.69) is 6.07 Å². The third-order valence-electron chi connectivity index (χ3n) is 2.67. The fourth-order valence-electron chi connectivity index (χ4n) is 1.42. The summed E-state index contributed by atoms with van der Waals surface area (Å²) in [5.41, 5.74) is 7.05. The minimum Gasteiger partial charge on any atom is -0.398 e. The predicted molar refractivity (Wildman–Crippen MR) is 62.0 cm³/mol. The molecule has 0 radical (unpaired) electrons. The normalized spacial score (nSPS) is 12.4. The van der Waals surface area contributed by atoms with Crippen LogP contribution in [0.15, 0.2) is 18.2 Å². The number of nitrogen functional groups attached to an aromatic ring is 1. The topological polar surface area (TPSA) is 53.0 Å². The number of nitrogens with two attached hydrogens (primary N) is 1. The first kappa shape index (κ1) is 12.5. The van der Waals surface area contributed by atoms with Crippen LogP contribution in [-0.4, -0.2) is 18.0 Å². The van der Waals surface area contributed by atoms with Crippen LogP contribution in [0.2, 0.25) is 0 Å². The molecule has 0 saturated carbocycles. The fourth-order valence-corrected chi connectivity index (χ4v) is 1.42. The average molecular weight is 221 g/mol. The first-order valence-corrected chi connectivity index (χ1v) is 5.15. The lowest BCUT2D eigenvalue weighted by molar-refractivity contribution is 0.253. The summed E-state index contributed by atoms with van der Waals surface area (Å²) in [6, 6.07) is 6.68. The molecule has 1 aromatic rings. The average Bonchev–Trinajstić information content (AvgIpc) is 2.22. The third-order valence-corrected chi connectivity index (χ3v) is 2.67. The van der Waals surface area contributed by atoms with Gasteiger partial charge in [0.2, 0.25) is 0 Å². The lowest BCUT2D eigenvalue weighted by atomic mass is 10.1. The van der Waals surface area contributed by atoms with Crippen LogP contribution in [0, 0.1) is 17.1 Å². The van der Waals surface area contributed by atoms with Crippen LogP contribution in [0.25, 0.3) is 0 Å². The van der Waals surface area contributed by atoms with Crippen molar-refractivity contribution in [1.29, 1.82) is 5.26 Å². The van der Waals surface area contributed by atoms with Gasteiger partial charge in [0.1, 0.15) is 5.82 Å². The van der Waals surface area contributed by atoms with E-state index in [0.29, 0.717) is 18.7 Å². The second-order valence-corrected chi connectivity index (χ2v) is 3.97. The van der Waals surface area contributed by atoms with Gasteiger partial charge in [-0.1, -0.05) is 6.07 Å². The molecule has 3 nitrogen and oxygen atoms in total. The van der Waals surface area contributed by atoms with E-state index in [9.17, 15) is 4.39 Å². The molecular weight excluding hydrogens is 205 g/mol. The van der Waals surface area contributed by atoms with Crippen LogP contribution in [0.1, 0.15) is 18.9 Å². The Kier molecular flexibility index (Phi) is 4.27. The van der Waals surface area contributed by atoms with E-state index in [1.165, 1.54) is 12.1 Å². The Morgan fingerprint density at radius 1 is 1.56 bits per heavy atom. The van der Waals surface area contributed by atoms with E-state index < -0.39 is 0 Å². The van der Waals surface area contributed by atoms with Crippen LogP contribution in [0.5, 0.6) is 0 Å². The molecule has 4 heteroatoms. The highest BCUT2D eigenvalue weighted by atomic mass is 19.1. The van der Waals surface area contributed by atoms with E-state index in [4.69, 9.17) is 11.0 Å². The summed E-state index contributed by atoms with van der Waals surface area (Å²) in [6.45, 7) is 2.60. The molecule has 16 heavy (non-hydrogen) atoms. The van der Waals surface area contributed by atoms with Crippen LogP contribution in [0.3, 0.4) is 0 Å². The number of benzene rings is 1. The molecule has 0 saturated heterocycles. The van der Waals surface area contributed by atoms with Gasteiger partial charge in [-0.05, 0) is 31.7 Å². The highest BCUT2D eigenvalue weighted by Crippen LogP contribution is 2.16. The molecule has 0 aliphatic carbocycles. The van der Waals surface area contributed by atoms with Crippen molar-refractivity contribution >= 4 is 5.69 Å². The van der Waals surface area contributed by atoms with Crippen LogP contribution < -0.4 is 5.73 Å². The van der Waals surface area contributed by atoms with Crippen molar-refractivity contribution in [3.05, 3.63) is 29.6 Å². The summed E-state index contributed by atoms with van der Waals surface area (Å²) in [7, 11) is 1.92. The molecule has 0 fully saturated rings. The lowest BCUT2D eigenvalue weighted by Crippen LogP contribution is -2.28. The molecule has 1 aromatic carbocycles. The van der Waals surface area contributed by atoms with Crippen LogP contribution in [0.4, 0.5) is 10.1 Å². The molecule has 1 rings (SSSR count). The van der Waals surface area contributed by atoms with Crippen molar-refractivity contribution in [3.8, 4) is 6.07 Å². The largest absolute Gasteiger partial charge is 0.398 e. The summed E-state index contributed by atoms with van der Waals surface area (Å²) in [5, 5.41) is 8.59. The molecule has 0 bridgehead atoms. The molecule has 0 aliphatic heterocycles. The van der Waals surface area contributed by atoms with Gasteiger partial charge in [-0.25, -0.2) is 4.39 Å². The second-order valence-electron chi connectivity index (χ2n) is 3.97. The van der Waals surface area contributed by atoms with Gasteiger partial charge in [0.15, 0.2) is 0 Å². The maximum absolute atomic E-state index is 12.8. The minimum absolute atomic E-state index is 0.162. The summed E-state index contributed by atoms with van der Waals surface area (Å²) in [6.07, 6.45) is 0.470. The molecule has 1 atom stereocenters. The molecule has 0 heterocycles. The Hall–Kier alpha value is -1.60. The van der Waals surface area contributed by atoms with Crippen molar-refractivity contribution in [2.45, 2.75) is 25.9 Å². The van der Waals surface area contributed by atoms with E-state index in [1.54, 1.807) is 6.07 Å². The molecule has 0 aromatic heterocycles. The lowest BCUT2D eigenvalue weighted by Gasteiger charge is -2.23. The number of nitrogens with zero attached hydrogens (tertiary/aromatic N) is 2. The Balaban J connectivity index is 2.70. The van der Waals surface area contributed by atoms with Gasteiger partial charge < -0.3 is 5.73 Å². The standard InChI is InChI=1S/C12H16FN3/c1-9(5-6-14)16(2)8-10-3-4-11(13)7-12(10)15/h3-4,7,9H,5,8,15H2,1-2H3. The SMILES string of the molecule is CC(CC#N)N(C)Cc1ccc(F)cc1N. The van der Waals surface area contributed by atoms with Crippen molar-refractivity contribution in [1.82, 2.24) is 4.90 Å². The van der Waals surface area contributed by atoms with Gasteiger partial charge in [-0.15, -0.1) is 0 Å². The van der Waals surface area contributed by atoms with Gasteiger partial charge in [0, 0.05) is 18.3 Å². The Bertz CT molecular complexity index is 398. The van der Waals surface area contributed by atoms with Gasteiger partial charge in [-0.2, -0.15) is 5.26 Å². The maximum atomic E-state index is 12.8. The zero-order valence-corrected chi connectivity index (χ0v) is 9.57. The van der Waals surface area contributed by atoms with E-state index >= 15 is 0 Å². The first-order chi connectivity index (χ1) is 7.54. The summed E-state index contributed by atoms with van der Waals surface area (Å²) < 4.78 is 12.8. The van der Waals surface area contributed by atoms with Crippen molar-refractivity contribution in [3.63, 3.8) is 0 Å². The number of halogens is 1. The Labute approximate surface area is 95.3 Å². The molecular formula is C12H16FN3. The minimum atomic E-state index is -0.325. The second kappa shape index (κ2) is 5.47. The number of hydrogen-bond acceptors (Lipinski definition) is 3. The first-order valence-electron chi connectivity index (χ1n) is 5.15. The molecule has 0 amide bonds. The van der Waals surface area contributed by atoms with Gasteiger partial charge in [0.05, 0.1) is 12.5 Å². The van der Waals surface area contributed by atoms with Crippen molar-refractivity contribution in [2.24, 2.45) is 0 Å². The van der Waals surface area contributed by atoms with Crippen molar-refractivity contribution in [2.75, 3.05) is 12.8 Å². The molecule has 1 unspecified atom stereocenters. The molecule has 86 valence electrons. The van der Waals surface area contributed by atoms with Gasteiger partial charge in [-0.3, -0.25) is 4.90 Å². The van der Waals surface area contributed by atoms with Crippen LogP contribution >= 0.6 is 0 Å². The third kappa shape index (κ3) is 3.21. The summed E-state index contributed by atoms with van der Waals surface area (Å²) in [5.74, 6) is -0.325.